The molecule has 1 heterocycles. The maximum Gasteiger partial charge on any atom is 0.319 e. The molecular weight excluding hydrogens is 368 g/mol. The Bertz CT molecular complexity index is 708. The molecule has 1 aromatic carbocycles. The third-order valence-electron chi connectivity index (χ3n) is 5.86. The summed E-state index contributed by atoms with van der Waals surface area (Å²) in [4.78, 5) is 41.7. The number of urea groups is 1. The summed E-state index contributed by atoms with van der Waals surface area (Å²) in [5, 5.41) is 5.58. The lowest BCUT2D eigenvalue weighted by molar-refractivity contribution is -0.143. The molecule has 158 valence electrons. The van der Waals surface area contributed by atoms with Crippen LogP contribution in [0.3, 0.4) is 0 Å². The number of piperazine rings is 1. The maximum absolute atomic E-state index is 13.0. The van der Waals surface area contributed by atoms with Gasteiger partial charge in [0.1, 0.15) is 6.04 Å². The number of carbonyl (C=O) groups excluding carboxylic acids is 3. The molecular formula is C22H32N4O3. The van der Waals surface area contributed by atoms with E-state index in [2.05, 4.69) is 10.6 Å². The van der Waals surface area contributed by atoms with Crippen molar-refractivity contribution in [1.82, 2.24) is 15.1 Å². The van der Waals surface area contributed by atoms with E-state index in [1.54, 1.807) is 17.0 Å². The van der Waals surface area contributed by atoms with Gasteiger partial charge in [-0.15, -0.1) is 0 Å². The van der Waals surface area contributed by atoms with Crippen molar-refractivity contribution in [2.75, 3.05) is 31.5 Å². The highest BCUT2D eigenvalue weighted by molar-refractivity contribution is 5.94. The zero-order valence-corrected chi connectivity index (χ0v) is 17.4. The molecule has 1 aliphatic carbocycles. The van der Waals surface area contributed by atoms with Crippen LogP contribution in [0.25, 0.3) is 0 Å². The van der Waals surface area contributed by atoms with E-state index in [1.807, 2.05) is 36.9 Å². The molecule has 1 saturated heterocycles. The van der Waals surface area contributed by atoms with Gasteiger partial charge in [0.15, 0.2) is 0 Å². The lowest BCUT2D eigenvalue weighted by Gasteiger charge is -2.38. The summed E-state index contributed by atoms with van der Waals surface area (Å²) in [5.74, 6) is 0.290. The quantitative estimate of drug-likeness (QED) is 0.797. The van der Waals surface area contributed by atoms with E-state index >= 15 is 0 Å². The molecule has 1 saturated carbocycles. The van der Waals surface area contributed by atoms with Gasteiger partial charge in [-0.05, 0) is 30.9 Å². The highest BCUT2D eigenvalue weighted by Gasteiger charge is 2.33. The molecule has 1 aromatic rings. The van der Waals surface area contributed by atoms with Crippen LogP contribution in [-0.2, 0) is 9.59 Å². The number of carbonyl (C=O) groups is 3. The van der Waals surface area contributed by atoms with Crippen molar-refractivity contribution in [1.29, 1.82) is 0 Å². The number of rotatable bonds is 5. The van der Waals surface area contributed by atoms with E-state index in [0.29, 0.717) is 31.9 Å². The fourth-order valence-corrected chi connectivity index (χ4v) is 4.12. The Morgan fingerprint density at radius 3 is 2.10 bits per heavy atom. The Balaban J connectivity index is 1.53. The van der Waals surface area contributed by atoms with Gasteiger partial charge >= 0.3 is 6.03 Å². The molecule has 7 nitrogen and oxygen atoms in total. The largest absolute Gasteiger partial charge is 0.339 e. The monoisotopic (exact) mass is 400 g/mol. The number of hydrogen-bond acceptors (Lipinski definition) is 3. The SMILES string of the molecule is CC(C)C(NC(=O)Nc1ccccc1)C(=O)N1CCN(C(=O)C2CCCC2)CC1. The number of hydrogen-bond donors (Lipinski definition) is 2. The zero-order chi connectivity index (χ0) is 20.8. The number of para-hydroxylation sites is 1. The van der Waals surface area contributed by atoms with Gasteiger partial charge in [0, 0.05) is 37.8 Å². The van der Waals surface area contributed by atoms with Crippen LogP contribution in [-0.4, -0.2) is 59.9 Å². The van der Waals surface area contributed by atoms with Crippen molar-refractivity contribution in [2.24, 2.45) is 11.8 Å². The van der Waals surface area contributed by atoms with Gasteiger partial charge < -0.3 is 20.4 Å². The average molecular weight is 401 g/mol. The Morgan fingerprint density at radius 1 is 0.931 bits per heavy atom. The van der Waals surface area contributed by atoms with Gasteiger partial charge in [-0.3, -0.25) is 9.59 Å². The molecule has 1 unspecified atom stereocenters. The molecule has 2 fully saturated rings. The smallest absolute Gasteiger partial charge is 0.319 e. The lowest BCUT2D eigenvalue weighted by atomic mass is 10.0. The molecule has 3 rings (SSSR count). The minimum absolute atomic E-state index is 0.0397. The van der Waals surface area contributed by atoms with Crippen LogP contribution in [0.2, 0.25) is 0 Å². The Kier molecular flexibility index (Phi) is 7.12. The first-order valence-electron chi connectivity index (χ1n) is 10.7. The fraction of sp³-hybridized carbons (Fsp3) is 0.591. The average Bonchev–Trinajstić information content (AvgIpc) is 3.26. The van der Waals surface area contributed by atoms with Crippen molar-refractivity contribution in [3.05, 3.63) is 30.3 Å². The summed E-state index contributed by atoms with van der Waals surface area (Å²) in [6, 6.07) is 8.16. The molecule has 2 N–H and O–H groups in total. The van der Waals surface area contributed by atoms with Crippen molar-refractivity contribution in [3.63, 3.8) is 0 Å². The van der Waals surface area contributed by atoms with E-state index in [1.165, 1.54) is 0 Å². The van der Waals surface area contributed by atoms with E-state index in [4.69, 9.17) is 0 Å². The van der Waals surface area contributed by atoms with Gasteiger partial charge in [-0.25, -0.2) is 4.79 Å². The molecule has 2 aliphatic rings. The van der Waals surface area contributed by atoms with Crippen molar-refractivity contribution in [2.45, 2.75) is 45.6 Å². The van der Waals surface area contributed by atoms with Crippen molar-refractivity contribution < 1.29 is 14.4 Å². The number of benzene rings is 1. The highest BCUT2D eigenvalue weighted by Crippen LogP contribution is 2.27. The molecule has 7 heteroatoms. The summed E-state index contributed by atoms with van der Waals surface area (Å²) < 4.78 is 0. The first-order valence-corrected chi connectivity index (χ1v) is 10.7. The van der Waals surface area contributed by atoms with E-state index < -0.39 is 12.1 Å². The normalized spacial score (nSPS) is 18.6. The third-order valence-corrected chi connectivity index (χ3v) is 5.86. The van der Waals surface area contributed by atoms with Gasteiger partial charge in [-0.2, -0.15) is 0 Å². The van der Waals surface area contributed by atoms with Crippen molar-refractivity contribution in [3.8, 4) is 0 Å². The van der Waals surface area contributed by atoms with Gasteiger partial charge in [0.05, 0.1) is 0 Å². The second-order valence-electron chi connectivity index (χ2n) is 8.32. The Labute approximate surface area is 172 Å². The van der Waals surface area contributed by atoms with Gasteiger partial charge in [0.2, 0.25) is 11.8 Å². The predicted octanol–water partition coefficient (Wildman–Crippen LogP) is 2.69. The minimum atomic E-state index is -0.601. The second kappa shape index (κ2) is 9.76. The molecule has 29 heavy (non-hydrogen) atoms. The summed E-state index contributed by atoms with van der Waals surface area (Å²) in [6.45, 7) is 6.02. The number of nitrogens with zero attached hydrogens (tertiary/aromatic N) is 2. The van der Waals surface area contributed by atoms with E-state index in [0.717, 1.165) is 25.7 Å². The predicted molar refractivity (Wildman–Crippen MR) is 112 cm³/mol. The highest BCUT2D eigenvalue weighted by atomic mass is 16.2. The molecule has 4 amide bonds. The molecule has 0 radical (unpaired) electrons. The Hall–Kier alpha value is -2.57. The second-order valence-corrected chi connectivity index (χ2v) is 8.32. The van der Waals surface area contributed by atoms with Crippen LogP contribution >= 0.6 is 0 Å². The van der Waals surface area contributed by atoms with E-state index in [9.17, 15) is 14.4 Å². The molecule has 0 aromatic heterocycles. The molecule has 1 atom stereocenters. The first-order chi connectivity index (χ1) is 14.0. The van der Waals surface area contributed by atoms with Crippen LogP contribution in [0.15, 0.2) is 30.3 Å². The number of nitrogens with one attached hydrogen (secondary N) is 2. The summed E-state index contributed by atoms with van der Waals surface area (Å²) >= 11 is 0. The molecule has 0 spiro atoms. The van der Waals surface area contributed by atoms with E-state index in [-0.39, 0.29) is 23.7 Å². The Morgan fingerprint density at radius 2 is 1.52 bits per heavy atom. The summed E-state index contributed by atoms with van der Waals surface area (Å²) in [5.41, 5.74) is 0.680. The van der Waals surface area contributed by atoms with Crippen LogP contribution in [0.4, 0.5) is 10.5 Å². The fourth-order valence-electron chi connectivity index (χ4n) is 4.12. The summed E-state index contributed by atoms with van der Waals surface area (Å²) in [6.07, 6.45) is 4.27. The topological polar surface area (TPSA) is 81.8 Å². The van der Waals surface area contributed by atoms with Crippen molar-refractivity contribution >= 4 is 23.5 Å². The molecule has 1 aliphatic heterocycles. The number of anilines is 1. The van der Waals surface area contributed by atoms with Crippen LogP contribution in [0.1, 0.15) is 39.5 Å². The third kappa shape index (κ3) is 5.49. The first kappa shape index (κ1) is 21.1. The van der Waals surface area contributed by atoms with Gasteiger partial charge in [0.25, 0.3) is 0 Å². The molecule has 0 bridgehead atoms. The standard InChI is InChI=1S/C22H32N4O3/c1-16(2)19(24-22(29)23-18-10-4-3-5-11-18)21(28)26-14-12-25(13-15-26)20(27)17-8-6-7-9-17/h3-5,10-11,16-17,19H,6-9,12-15H2,1-2H3,(H2,23,24,29). The zero-order valence-electron chi connectivity index (χ0n) is 17.4. The van der Waals surface area contributed by atoms with Crippen LogP contribution in [0, 0.1) is 11.8 Å². The number of amides is 4. The van der Waals surface area contributed by atoms with Gasteiger partial charge in [-0.1, -0.05) is 44.9 Å². The van der Waals surface area contributed by atoms with Crippen LogP contribution < -0.4 is 10.6 Å². The maximum atomic E-state index is 13.0. The lowest BCUT2D eigenvalue weighted by Crippen LogP contribution is -2.58. The minimum Gasteiger partial charge on any atom is -0.339 e. The van der Waals surface area contributed by atoms with Crippen LogP contribution in [0.5, 0.6) is 0 Å². The summed E-state index contributed by atoms with van der Waals surface area (Å²) in [7, 11) is 0.